The van der Waals surface area contributed by atoms with Gasteiger partial charge in [0.1, 0.15) is 11.2 Å². The summed E-state index contributed by atoms with van der Waals surface area (Å²) in [5.41, 5.74) is 11.0. The van der Waals surface area contributed by atoms with Gasteiger partial charge in [0.2, 0.25) is 0 Å². The highest BCUT2D eigenvalue weighted by molar-refractivity contribution is 7.26. The van der Waals surface area contributed by atoms with Gasteiger partial charge < -0.3 is 4.42 Å². The first kappa shape index (κ1) is 30.0. The van der Waals surface area contributed by atoms with E-state index in [0.717, 1.165) is 17.6 Å². The zero-order chi connectivity index (χ0) is 35.3. The highest BCUT2D eigenvalue weighted by Gasteiger charge is 2.23. The fraction of sp³-hybridized carbons (Fsp3) is 0.0385. The summed E-state index contributed by atoms with van der Waals surface area (Å²) in [5, 5.41) is 12.7. The molecule has 1 nitrogen and oxygen atoms in total. The van der Waals surface area contributed by atoms with Gasteiger partial charge in [-0.25, -0.2) is 0 Å². The van der Waals surface area contributed by atoms with Gasteiger partial charge in [-0.15, -0.1) is 11.3 Å². The van der Waals surface area contributed by atoms with Crippen molar-refractivity contribution in [3.8, 4) is 22.3 Å². The summed E-state index contributed by atoms with van der Waals surface area (Å²) in [6, 6.07) is 51.6. The van der Waals surface area contributed by atoms with Crippen molar-refractivity contribution in [2.24, 2.45) is 5.92 Å². The van der Waals surface area contributed by atoms with Crippen LogP contribution in [0.25, 0.3) is 102 Å². The Kier molecular flexibility index (Phi) is 6.40. The third kappa shape index (κ3) is 4.38. The van der Waals surface area contributed by atoms with Gasteiger partial charge in [-0.05, 0) is 109 Å². The molecule has 10 aromatic rings. The molecule has 0 saturated carbocycles. The SMILES string of the molecule is C1=CC2=CC=C(c3c4ccccc4c(-c4cccc(-c5ccc6sc7c(ccc8c7ccc7oc9ccccc9c78)c6c5)c4)c4ccccc34)CC2C=C1. The molecule has 0 saturated heterocycles. The number of rotatable bonds is 3. The Morgan fingerprint density at radius 3 is 2.00 bits per heavy atom. The molecule has 2 heterocycles. The van der Waals surface area contributed by atoms with E-state index in [9.17, 15) is 0 Å². The van der Waals surface area contributed by atoms with E-state index >= 15 is 0 Å². The molecule has 1 atom stereocenters. The maximum Gasteiger partial charge on any atom is 0.136 e. The van der Waals surface area contributed by atoms with Crippen molar-refractivity contribution in [3.63, 3.8) is 0 Å². The fourth-order valence-electron chi connectivity index (χ4n) is 9.33. The van der Waals surface area contributed by atoms with Crippen LogP contribution in [0.2, 0.25) is 0 Å². The zero-order valence-corrected chi connectivity index (χ0v) is 30.2. The number of hydrogen-bond donors (Lipinski definition) is 0. The van der Waals surface area contributed by atoms with Crippen LogP contribution in [-0.4, -0.2) is 0 Å². The molecule has 0 amide bonds. The first-order chi connectivity index (χ1) is 26.8. The molecule has 252 valence electrons. The average molecular weight is 705 g/mol. The van der Waals surface area contributed by atoms with E-state index in [1.807, 2.05) is 17.4 Å². The Balaban J connectivity index is 1.02. The standard InChI is InChI=1S/C52H32OS/c1-2-11-32-28-36(21-20-31(32)10-1)50-39-16-5-3-14-37(39)49(38-15-4-6-17-40(38)50)35-13-9-12-33(29-35)34-22-27-48-45(30-34)43-24-23-41-42(52(43)54-48)25-26-47-51(41)44-18-7-8-19-46(44)53-47/h1-27,29-30,32H,28H2. The second-order valence-corrected chi connectivity index (χ2v) is 15.8. The Morgan fingerprint density at radius 2 is 1.17 bits per heavy atom. The molecule has 0 radical (unpaired) electrons. The third-order valence-corrected chi connectivity index (χ3v) is 13.0. The number of benzene rings is 8. The zero-order valence-electron chi connectivity index (χ0n) is 29.3. The van der Waals surface area contributed by atoms with E-state index in [1.54, 1.807) is 0 Å². The summed E-state index contributed by atoms with van der Waals surface area (Å²) in [5.74, 6) is 0.424. The van der Waals surface area contributed by atoms with Crippen LogP contribution in [0.4, 0.5) is 0 Å². The predicted molar refractivity (Wildman–Crippen MR) is 232 cm³/mol. The number of hydrogen-bond acceptors (Lipinski definition) is 2. The number of allylic oxidation sites excluding steroid dienone is 8. The molecule has 0 N–H and O–H groups in total. The van der Waals surface area contributed by atoms with Gasteiger partial charge in [0, 0.05) is 42.2 Å². The highest BCUT2D eigenvalue weighted by Crippen LogP contribution is 2.47. The molecule has 12 rings (SSSR count). The minimum atomic E-state index is 0.424. The van der Waals surface area contributed by atoms with Crippen molar-refractivity contribution < 1.29 is 4.42 Å². The molecule has 0 bridgehead atoms. The van der Waals surface area contributed by atoms with E-state index in [-0.39, 0.29) is 0 Å². The largest absolute Gasteiger partial charge is 0.456 e. The van der Waals surface area contributed by atoms with E-state index in [0.29, 0.717) is 5.92 Å². The molecule has 2 aliphatic rings. The quantitative estimate of drug-likeness (QED) is 0.167. The lowest BCUT2D eigenvalue weighted by atomic mass is 9.78. The molecule has 2 aromatic heterocycles. The molecule has 0 spiro atoms. The van der Waals surface area contributed by atoms with E-state index in [2.05, 4.69) is 170 Å². The average Bonchev–Trinajstić information content (AvgIpc) is 3.81. The van der Waals surface area contributed by atoms with Crippen LogP contribution in [0, 0.1) is 5.92 Å². The van der Waals surface area contributed by atoms with Gasteiger partial charge in [-0.2, -0.15) is 0 Å². The number of para-hydroxylation sites is 1. The minimum absolute atomic E-state index is 0.424. The summed E-state index contributed by atoms with van der Waals surface area (Å²) >= 11 is 1.89. The Labute approximate surface area is 316 Å². The number of fused-ring (bicyclic) bond motifs is 12. The molecule has 8 aromatic carbocycles. The van der Waals surface area contributed by atoms with Crippen molar-refractivity contribution in [1.82, 2.24) is 0 Å². The summed E-state index contributed by atoms with van der Waals surface area (Å²) in [4.78, 5) is 0. The first-order valence-corrected chi connectivity index (χ1v) is 19.6. The van der Waals surface area contributed by atoms with Crippen molar-refractivity contribution >= 4 is 91.3 Å². The number of furan rings is 1. The molecule has 1 unspecified atom stereocenters. The van der Waals surface area contributed by atoms with Gasteiger partial charge in [0.05, 0.1) is 0 Å². The lowest BCUT2D eigenvalue weighted by molar-refractivity contribution is 0.669. The molecular weight excluding hydrogens is 673 g/mol. The molecular formula is C52H32OS. The van der Waals surface area contributed by atoms with Crippen LogP contribution >= 0.6 is 11.3 Å². The van der Waals surface area contributed by atoms with Gasteiger partial charge in [0.25, 0.3) is 0 Å². The maximum absolute atomic E-state index is 6.23. The summed E-state index contributed by atoms with van der Waals surface area (Å²) in [7, 11) is 0. The summed E-state index contributed by atoms with van der Waals surface area (Å²) < 4.78 is 8.87. The van der Waals surface area contributed by atoms with Crippen molar-refractivity contribution in [2.75, 3.05) is 0 Å². The topological polar surface area (TPSA) is 13.1 Å². The van der Waals surface area contributed by atoms with Crippen LogP contribution in [0.3, 0.4) is 0 Å². The smallest absolute Gasteiger partial charge is 0.136 e. The van der Waals surface area contributed by atoms with Crippen LogP contribution in [0.5, 0.6) is 0 Å². The Hall–Kier alpha value is -6.48. The van der Waals surface area contributed by atoms with Gasteiger partial charge in [-0.1, -0.05) is 140 Å². The third-order valence-electron chi connectivity index (χ3n) is 11.8. The van der Waals surface area contributed by atoms with Crippen LogP contribution < -0.4 is 0 Å². The van der Waals surface area contributed by atoms with Gasteiger partial charge in [0.15, 0.2) is 0 Å². The van der Waals surface area contributed by atoms with Crippen molar-refractivity contribution in [3.05, 3.63) is 187 Å². The minimum Gasteiger partial charge on any atom is -0.456 e. The molecule has 2 heteroatoms. The second kappa shape index (κ2) is 11.5. The molecule has 2 aliphatic carbocycles. The lowest BCUT2D eigenvalue weighted by Crippen LogP contribution is -2.07. The Bertz CT molecular complexity index is 3300. The van der Waals surface area contributed by atoms with E-state index < -0.39 is 0 Å². The number of thiophene rings is 1. The van der Waals surface area contributed by atoms with Gasteiger partial charge >= 0.3 is 0 Å². The Morgan fingerprint density at radius 1 is 0.481 bits per heavy atom. The fourth-order valence-corrected chi connectivity index (χ4v) is 10.5. The first-order valence-electron chi connectivity index (χ1n) is 18.8. The van der Waals surface area contributed by atoms with E-state index in [1.165, 1.54) is 102 Å². The van der Waals surface area contributed by atoms with Crippen LogP contribution in [0.1, 0.15) is 12.0 Å². The summed E-state index contributed by atoms with van der Waals surface area (Å²) in [6.45, 7) is 0. The second-order valence-electron chi connectivity index (χ2n) is 14.7. The monoisotopic (exact) mass is 704 g/mol. The molecule has 0 aliphatic heterocycles. The van der Waals surface area contributed by atoms with E-state index in [4.69, 9.17) is 4.42 Å². The van der Waals surface area contributed by atoms with Crippen LogP contribution in [-0.2, 0) is 0 Å². The summed E-state index contributed by atoms with van der Waals surface area (Å²) in [6.07, 6.45) is 14.6. The van der Waals surface area contributed by atoms with Crippen molar-refractivity contribution in [2.45, 2.75) is 6.42 Å². The predicted octanol–water partition coefficient (Wildman–Crippen LogP) is 15.2. The maximum atomic E-state index is 6.23. The molecule has 54 heavy (non-hydrogen) atoms. The molecule has 0 fully saturated rings. The van der Waals surface area contributed by atoms with Crippen LogP contribution in [0.15, 0.2) is 186 Å². The normalized spacial score (nSPS) is 15.6. The van der Waals surface area contributed by atoms with Crippen molar-refractivity contribution in [1.29, 1.82) is 0 Å². The van der Waals surface area contributed by atoms with Gasteiger partial charge in [-0.3, -0.25) is 0 Å². The lowest BCUT2D eigenvalue weighted by Gasteiger charge is -2.25. The highest BCUT2D eigenvalue weighted by atomic mass is 32.1.